The number of ether oxygens (including phenoxy) is 1. The molecule has 14 atom stereocenters. The summed E-state index contributed by atoms with van der Waals surface area (Å²) in [6.45, 7) is 13.9. The van der Waals surface area contributed by atoms with Crippen molar-refractivity contribution in [2.24, 2.45) is 69.0 Å². The summed E-state index contributed by atoms with van der Waals surface area (Å²) in [5.41, 5.74) is 4.59. The Hall–Kier alpha value is -1.22. The van der Waals surface area contributed by atoms with Gasteiger partial charge in [0.15, 0.2) is 0 Å². The monoisotopic (exact) mass is 614 g/mol. The van der Waals surface area contributed by atoms with Crippen LogP contribution in [0.1, 0.15) is 144 Å². The summed E-state index contributed by atoms with van der Waals surface area (Å²) in [6, 6.07) is 0. The molecule has 0 saturated heterocycles. The topological polar surface area (TPSA) is 43.4 Å². The zero-order chi connectivity index (χ0) is 31.5. The van der Waals surface area contributed by atoms with E-state index in [9.17, 15) is 9.59 Å². The lowest BCUT2D eigenvalue weighted by atomic mass is 9.47. The van der Waals surface area contributed by atoms with Crippen LogP contribution < -0.4 is 0 Å². The van der Waals surface area contributed by atoms with Gasteiger partial charge in [-0.2, -0.15) is 0 Å². The molecule has 45 heavy (non-hydrogen) atoms. The summed E-state index contributed by atoms with van der Waals surface area (Å²) < 4.78 is 7.09. The largest absolute Gasteiger partial charge is 0.374 e. The van der Waals surface area contributed by atoms with Crippen LogP contribution in [-0.4, -0.2) is 23.8 Å². The third kappa shape index (κ3) is 4.43. The molecule has 0 aromatic carbocycles. The lowest BCUT2D eigenvalue weighted by Crippen LogP contribution is -2.52. The van der Waals surface area contributed by atoms with Gasteiger partial charge in [0, 0.05) is 11.8 Å². The SMILES string of the molecule is CC(=O)[C@H]1CC[C@H]2[C@@H]3CC=C4C[C@@H](O[C@H]5CC[C@@]6(C)C(=CC[C@H]7[C@@H]8CC[C@H](C(C)=O)[C@@]8(C)CC[C@@H]76)C5)CC[C@]4(C)[C@H]3CC[C@]12C. The van der Waals surface area contributed by atoms with Crippen LogP contribution in [0, 0.1) is 69.0 Å². The van der Waals surface area contributed by atoms with Gasteiger partial charge in [-0.25, -0.2) is 0 Å². The number of allylic oxidation sites excluding steroid dienone is 2. The van der Waals surface area contributed by atoms with E-state index >= 15 is 0 Å². The molecule has 0 spiro atoms. The highest BCUT2D eigenvalue weighted by molar-refractivity contribution is 5.80. The van der Waals surface area contributed by atoms with Gasteiger partial charge in [0.1, 0.15) is 11.6 Å². The Morgan fingerprint density at radius 2 is 1.00 bits per heavy atom. The van der Waals surface area contributed by atoms with Gasteiger partial charge >= 0.3 is 0 Å². The number of ketones is 2. The Kier molecular flexibility index (Phi) is 7.35. The molecule has 8 aliphatic carbocycles. The highest BCUT2D eigenvalue weighted by atomic mass is 16.5. The molecule has 0 heterocycles. The molecule has 8 aliphatic rings. The lowest BCUT2D eigenvalue weighted by Gasteiger charge is -2.59. The van der Waals surface area contributed by atoms with Gasteiger partial charge in [-0.3, -0.25) is 9.59 Å². The van der Waals surface area contributed by atoms with Crippen LogP contribution >= 0.6 is 0 Å². The third-order valence-corrected chi connectivity index (χ3v) is 17.5. The predicted molar refractivity (Wildman–Crippen MR) is 180 cm³/mol. The normalized spacial score (nSPS) is 53.5. The predicted octanol–water partition coefficient (Wildman–Crippen LogP) is 10.1. The first kappa shape index (κ1) is 31.1. The summed E-state index contributed by atoms with van der Waals surface area (Å²) in [6.07, 6.45) is 25.8. The van der Waals surface area contributed by atoms with Crippen LogP contribution in [0.2, 0.25) is 0 Å². The van der Waals surface area contributed by atoms with Crippen molar-refractivity contribution in [2.45, 2.75) is 156 Å². The van der Waals surface area contributed by atoms with Crippen LogP contribution in [-0.2, 0) is 14.3 Å². The van der Waals surface area contributed by atoms with Crippen molar-refractivity contribution in [3.63, 3.8) is 0 Å². The van der Waals surface area contributed by atoms with E-state index in [2.05, 4.69) is 39.8 Å². The third-order valence-electron chi connectivity index (χ3n) is 17.5. The van der Waals surface area contributed by atoms with Crippen molar-refractivity contribution in [1.82, 2.24) is 0 Å². The average molecular weight is 615 g/mol. The molecule has 0 aliphatic heterocycles. The number of fused-ring (bicyclic) bond motifs is 10. The Balaban J connectivity index is 0.930. The molecule has 8 rings (SSSR count). The second-order valence-corrected chi connectivity index (χ2v) is 19.0. The minimum atomic E-state index is 0.240. The Morgan fingerprint density at radius 3 is 1.40 bits per heavy atom. The van der Waals surface area contributed by atoms with Crippen LogP contribution in [0.5, 0.6) is 0 Å². The minimum absolute atomic E-state index is 0.240. The van der Waals surface area contributed by atoms with E-state index in [1.54, 1.807) is 11.1 Å². The highest BCUT2D eigenvalue weighted by Gasteiger charge is 2.61. The number of carbonyl (C=O) groups excluding carboxylic acids is 2. The molecule has 0 radical (unpaired) electrons. The molecule has 6 fully saturated rings. The average Bonchev–Trinajstić information content (AvgIpc) is 3.54. The van der Waals surface area contributed by atoms with Gasteiger partial charge in [0.05, 0.1) is 12.2 Å². The van der Waals surface area contributed by atoms with E-state index in [1.807, 2.05) is 13.8 Å². The highest BCUT2D eigenvalue weighted by Crippen LogP contribution is 2.68. The maximum Gasteiger partial charge on any atom is 0.133 e. The van der Waals surface area contributed by atoms with Crippen molar-refractivity contribution in [2.75, 3.05) is 0 Å². The van der Waals surface area contributed by atoms with Gasteiger partial charge in [-0.05, 0) is 174 Å². The Bertz CT molecular complexity index is 1210. The fourth-order valence-corrected chi connectivity index (χ4v) is 15.1. The van der Waals surface area contributed by atoms with E-state index < -0.39 is 0 Å². The molecule has 0 N–H and O–H groups in total. The fourth-order valence-electron chi connectivity index (χ4n) is 15.1. The van der Waals surface area contributed by atoms with E-state index in [0.717, 1.165) is 61.2 Å². The van der Waals surface area contributed by atoms with E-state index in [1.165, 1.54) is 77.0 Å². The zero-order valence-electron chi connectivity index (χ0n) is 29.5. The first-order valence-corrected chi connectivity index (χ1v) is 19.4. The van der Waals surface area contributed by atoms with Crippen molar-refractivity contribution in [1.29, 1.82) is 0 Å². The molecule has 0 aromatic rings. The lowest BCUT2D eigenvalue weighted by molar-refractivity contribution is -0.128. The summed E-state index contributed by atoms with van der Waals surface area (Å²) in [5.74, 6) is 6.08. The van der Waals surface area contributed by atoms with Crippen molar-refractivity contribution in [3.8, 4) is 0 Å². The number of hydrogen-bond acceptors (Lipinski definition) is 3. The van der Waals surface area contributed by atoms with E-state index in [4.69, 9.17) is 4.74 Å². The maximum absolute atomic E-state index is 12.6. The number of hydrogen-bond donors (Lipinski definition) is 0. The van der Waals surface area contributed by atoms with Crippen molar-refractivity contribution in [3.05, 3.63) is 23.3 Å². The molecule has 248 valence electrons. The van der Waals surface area contributed by atoms with Gasteiger partial charge in [-0.15, -0.1) is 0 Å². The van der Waals surface area contributed by atoms with Crippen LogP contribution in [0.3, 0.4) is 0 Å². The van der Waals surface area contributed by atoms with E-state index in [0.29, 0.717) is 46.4 Å². The molecule has 0 aromatic heterocycles. The number of carbonyl (C=O) groups is 2. The fraction of sp³-hybridized carbons (Fsp3) is 0.857. The van der Waals surface area contributed by atoms with Crippen LogP contribution in [0.25, 0.3) is 0 Å². The quantitative estimate of drug-likeness (QED) is 0.296. The van der Waals surface area contributed by atoms with Crippen LogP contribution in [0.4, 0.5) is 0 Å². The molecular weight excluding hydrogens is 552 g/mol. The smallest absolute Gasteiger partial charge is 0.133 e. The molecule has 3 heteroatoms. The second-order valence-electron chi connectivity index (χ2n) is 19.0. The Morgan fingerprint density at radius 1 is 0.578 bits per heavy atom. The zero-order valence-corrected chi connectivity index (χ0v) is 29.5. The second kappa shape index (κ2) is 10.6. The minimum Gasteiger partial charge on any atom is -0.374 e. The molecule has 3 nitrogen and oxygen atoms in total. The summed E-state index contributed by atoms with van der Waals surface area (Å²) in [4.78, 5) is 25.1. The van der Waals surface area contributed by atoms with Crippen molar-refractivity contribution >= 4 is 11.6 Å². The first-order chi connectivity index (χ1) is 21.4. The molecule has 0 unspecified atom stereocenters. The van der Waals surface area contributed by atoms with Gasteiger partial charge in [-0.1, -0.05) is 51.0 Å². The summed E-state index contributed by atoms with van der Waals surface area (Å²) >= 11 is 0. The van der Waals surface area contributed by atoms with Gasteiger partial charge in [0.25, 0.3) is 0 Å². The van der Waals surface area contributed by atoms with Crippen molar-refractivity contribution < 1.29 is 14.3 Å². The molecule has 0 amide bonds. The van der Waals surface area contributed by atoms with Crippen LogP contribution in [0.15, 0.2) is 23.3 Å². The van der Waals surface area contributed by atoms with Gasteiger partial charge < -0.3 is 4.74 Å². The molecule has 6 saturated carbocycles. The summed E-state index contributed by atoms with van der Waals surface area (Å²) in [5, 5.41) is 0. The molecule has 0 bridgehead atoms. The molecular formula is C42H62O3. The Labute approximate surface area is 274 Å². The van der Waals surface area contributed by atoms with Gasteiger partial charge in [0.2, 0.25) is 0 Å². The number of rotatable bonds is 4. The first-order valence-electron chi connectivity index (χ1n) is 19.4. The maximum atomic E-state index is 12.6. The number of Topliss-reactive ketones (excluding diaryl/α,β-unsaturated/α-hetero) is 2. The van der Waals surface area contributed by atoms with E-state index in [-0.39, 0.29) is 10.8 Å². The standard InChI is InChI=1S/C42H62O3/c1-25(43)33-11-13-35-31-9-7-27-23-29(15-19-39(27,3)37(31)17-21-41(33,35)5)45-30-16-20-40(4)28(24-30)8-10-32-36-14-12-34(26(2)44)42(36,6)22-18-38(32)40/h7-8,29-38H,9-24H2,1-6H3/t29-,30-,31-,32-,33+,34+,35-,36-,37-,38-,39-,40-,41+,42+/m0/s1. The summed E-state index contributed by atoms with van der Waals surface area (Å²) in [7, 11) is 0.